The third-order valence-corrected chi connectivity index (χ3v) is 19.2. The number of guanidine groups is 2. The molecule has 0 radical (unpaired) electrons. The summed E-state index contributed by atoms with van der Waals surface area (Å²) in [7, 11) is 0. The van der Waals surface area contributed by atoms with E-state index in [9.17, 15) is 49.4 Å². The van der Waals surface area contributed by atoms with Gasteiger partial charge < -0.3 is 60.9 Å². The second-order valence-corrected chi connectivity index (χ2v) is 23.6. The van der Waals surface area contributed by atoms with E-state index in [1.54, 1.807) is 37.4 Å². The molecule has 0 unspecified atom stereocenters. The van der Waals surface area contributed by atoms with Gasteiger partial charge in [0.25, 0.3) is 5.69 Å². The van der Waals surface area contributed by atoms with Crippen molar-refractivity contribution in [3.8, 4) is 0 Å². The van der Waals surface area contributed by atoms with Crippen LogP contribution in [0.1, 0.15) is 78.0 Å². The number of non-ortho nitro benzene ring substituents is 1. The van der Waals surface area contributed by atoms with Crippen molar-refractivity contribution < 1.29 is 50.4 Å². The van der Waals surface area contributed by atoms with Crippen molar-refractivity contribution in [1.29, 1.82) is 10.8 Å². The Bertz CT molecular complexity index is 2430. The molecule has 6 saturated heterocycles. The molecule has 1 aromatic carbocycles. The minimum atomic E-state index is -1.05. The largest absolute Gasteiger partial charge is 0.477 e. The molecule has 10 atom stereocenters. The number of aliphatic hydroxyl groups excluding tert-OH is 2. The number of thioether (sulfide) groups is 2. The standard InChI is InChI=1S/C28H36N6O7S.C21H33N5O4S.H2/c1-15-22-21(16(2)35)25(36)33(22)23(27(38)41-26(37)18-3-5-19(6-4-18)34(39)40)24(15)42-20-9-10-31(14-20)13-17-7-11-32(12-8-17)28(29)30;1-11-16-15(12(2)27)19(28)26(16)17(20(29)30)18(11)31-14-5-6-24(10-14)9-13-3-7-25(8-4-13)21(22)23;/h3-6,15-17,20-22,35H,7-14H2,1-2H3,(H3,29,30);11-16,27H,3-10H2,1-2H3,(H3,22,23)(H,29,30);1H/t15-,16-,20-,21-,22-;11-,12-,14-,15-,16-;/m11./s1. The number of carboxylic acid groups (broad SMARTS) is 1. The van der Waals surface area contributed by atoms with Gasteiger partial charge in [0.15, 0.2) is 11.9 Å². The number of aliphatic hydroxyl groups is 2. The first kappa shape index (κ1) is 54.0. The first-order valence-corrected chi connectivity index (χ1v) is 27.1. The number of amides is 2. The summed E-state index contributed by atoms with van der Waals surface area (Å²) in [6.07, 6.45) is 4.28. The third kappa shape index (κ3) is 11.1. The molecular weight excluding hydrogens is 983 g/mol. The van der Waals surface area contributed by atoms with Crippen molar-refractivity contribution >= 4 is 70.9 Å². The zero-order valence-corrected chi connectivity index (χ0v) is 43.4. The van der Waals surface area contributed by atoms with Crippen LogP contribution >= 0.6 is 23.5 Å². The quantitative estimate of drug-likeness (QED) is 0.0268. The van der Waals surface area contributed by atoms with Gasteiger partial charge in [0, 0.05) is 98.1 Å². The van der Waals surface area contributed by atoms with Gasteiger partial charge in [-0.2, -0.15) is 0 Å². The third-order valence-electron chi connectivity index (χ3n) is 16.1. The predicted octanol–water partition coefficient (Wildman–Crippen LogP) is 2.56. The fraction of sp³-hybridized carbons (Fsp3) is 0.653. The van der Waals surface area contributed by atoms with Gasteiger partial charge in [-0.15, -0.1) is 23.5 Å². The van der Waals surface area contributed by atoms with Crippen molar-refractivity contribution in [2.45, 2.75) is 101 Å². The van der Waals surface area contributed by atoms with Crippen LogP contribution in [0.3, 0.4) is 0 Å². The number of nitrogens with two attached hydrogens (primary N) is 2. The van der Waals surface area contributed by atoms with E-state index in [1.165, 1.54) is 21.9 Å². The molecular formula is C49H71N11O11S2. The second kappa shape index (κ2) is 22.3. The molecule has 0 aliphatic carbocycles. The van der Waals surface area contributed by atoms with Crippen molar-refractivity contribution in [3.05, 3.63) is 61.1 Å². The van der Waals surface area contributed by atoms with Crippen LogP contribution in [0.15, 0.2) is 45.5 Å². The molecule has 0 saturated carbocycles. The minimum absolute atomic E-state index is 0. The van der Waals surface area contributed by atoms with E-state index in [2.05, 4.69) is 9.80 Å². The Morgan fingerprint density at radius 3 is 1.52 bits per heavy atom. The van der Waals surface area contributed by atoms with Gasteiger partial charge >= 0.3 is 17.9 Å². The zero-order valence-electron chi connectivity index (χ0n) is 41.8. The van der Waals surface area contributed by atoms with E-state index in [0.717, 1.165) is 121 Å². The number of rotatable bonds is 14. The van der Waals surface area contributed by atoms with Gasteiger partial charge in [-0.25, -0.2) is 14.4 Å². The summed E-state index contributed by atoms with van der Waals surface area (Å²) in [4.78, 5) is 87.0. The number of aliphatic carboxylic acids is 1. The topological polar surface area (TPSA) is 318 Å². The summed E-state index contributed by atoms with van der Waals surface area (Å²) in [5.41, 5.74) is 11.2. The maximum absolute atomic E-state index is 13.4. The van der Waals surface area contributed by atoms with Crippen LogP contribution in [0, 0.1) is 56.4 Å². The summed E-state index contributed by atoms with van der Waals surface area (Å²) in [5.74, 6) is -3.67. The molecule has 1 aromatic rings. The maximum atomic E-state index is 13.4. The van der Waals surface area contributed by atoms with Gasteiger partial charge in [-0.05, 0) is 89.4 Å². The van der Waals surface area contributed by atoms with Crippen LogP contribution in [0.4, 0.5) is 5.69 Å². The highest BCUT2D eigenvalue weighted by Crippen LogP contribution is 2.53. The predicted molar refractivity (Wildman–Crippen MR) is 275 cm³/mol. The van der Waals surface area contributed by atoms with E-state index < -0.39 is 52.9 Å². The van der Waals surface area contributed by atoms with E-state index in [4.69, 9.17) is 27.0 Å². The SMILES string of the molecule is C[C@@H](O)[C@H]1C(=O)N2C(C(=O)O)=C(S[C@@H]3CCN(CC4CCN(C(=N)N)CC4)C3)[C@H](C)[C@H]12.C[C@@H](O)[C@H]1C(=O)N2C(C(=O)OC(=O)c3ccc([N+](=O)[O-])cc3)=C(S[C@@H]3CCN(CC4CCN(C(=N)N)CC4)C3)[C@H](C)[C@H]12.[HH]. The summed E-state index contributed by atoms with van der Waals surface area (Å²) in [6.45, 7) is 15.9. The van der Waals surface area contributed by atoms with Gasteiger partial charge in [0.1, 0.15) is 11.4 Å². The molecule has 6 fully saturated rings. The summed E-state index contributed by atoms with van der Waals surface area (Å²) in [6, 6.07) is 4.09. The first-order chi connectivity index (χ1) is 34.6. The van der Waals surface area contributed by atoms with E-state index >= 15 is 0 Å². The molecule has 0 spiro atoms. The minimum Gasteiger partial charge on any atom is -0.477 e. The molecule has 8 heterocycles. The van der Waals surface area contributed by atoms with Gasteiger partial charge in [0.2, 0.25) is 11.8 Å². The Hall–Kier alpha value is -5.27. The molecule has 24 heteroatoms. The lowest BCUT2D eigenvalue weighted by Gasteiger charge is -2.46. The van der Waals surface area contributed by atoms with E-state index in [0.29, 0.717) is 22.0 Å². The number of nitro benzene ring substituents is 1. The highest BCUT2D eigenvalue weighted by molar-refractivity contribution is 8.04. The number of hydrogen-bond donors (Lipinski definition) is 7. The number of hydrogen-bond acceptors (Lipinski definition) is 16. The van der Waals surface area contributed by atoms with E-state index in [-0.39, 0.29) is 70.9 Å². The molecule has 9 rings (SSSR count). The number of nitro groups is 1. The van der Waals surface area contributed by atoms with Gasteiger partial charge in [0.05, 0.1) is 46.6 Å². The fourth-order valence-corrected chi connectivity index (χ4v) is 15.2. The Morgan fingerprint density at radius 1 is 0.726 bits per heavy atom. The number of carbonyl (C=O) groups excluding carboxylic acids is 4. The van der Waals surface area contributed by atoms with Crippen LogP contribution in [-0.4, -0.2) is 192 Å². The number of carboxylic acids is 1. The number of esters is 2. The molecule has 8 aliphatic rings. The number of nitrogens with one attached hydrogen (secondary N) is 2. The summed E-state index contributed by atoms with van der Waals surface area (Å²) >= 11 is 3.16. The Kier molecular flexibility index (Phi) is 16.5. The molecule has 9 N–H and O–H groups in total. The molecule has 0 aromatic heterocycles. The first-order valence-electron chi connectivity index (χ1n) is 25.4. The molecule has 22 nitrogen and oxygen atoms in total. The van der Waals surface area contributed by atoms with E-state index in [1.807, 2.05) is 23.6 Å². The monoisotopic (exact) mass is 1050 g/mol. The maximum Gasteiger partial charge on any atom is 0.363 e. The van der Waals surface area contributed by atoms with Crippen LogP contribution in [0.25, 0.3) is 0 Å². The second-order valence-electron chi connectivity index (χ2n) is 20.9. The van der Waals surface area contributed by atoms with Crippen LogP contribution in [-0.2, 0) is 23.9 Å². The highest BCUT2D eigenvalue weighted by atomic mass is 32.2. The number of nitrogens with zero attached hydrogens (tertiary/aromatic N) is 7. The van der Waals surface area contributed by atoms with Crippen molar-refractivity contribution in [2.75, 3.05) is 65.4 Å². The number of fused-ring (bicyclic) bond motifs is 2. The van der Waals surface area contributed by atoms with Crippen LogP contribution in [0.5, 0.6) is 0 Å². The van der Waals surface area contributed by atoms with Crippen LogP contribution < -0.4 is 11.5 Å². The lowest BCUT2D eigenvalue weighted by molar-refractivity contribution is -0.384. The van der Waals surface area contributed by atoms with Crippen LogP contribution in [0.2, 0.25) is 0 Å². The number of ether oxygens (including phenoxy) is 1. The van der Waals surface area contributed by atoms with Crippen molar-refractivity contribution in [1.82, 2.24) is 29.4 Å². The number of likely N-dealkylation sites (tertiary alicyclic amines) is 4. The summed E-state index contributed by atoms with van der Waals surface area (Å²) < 4.78 is 5.19. The Labute approximate surface area is 434 Å². The van der Waals surface area contributed by atoms with Crippen molar-refractivity contribution in [2.24, 2.45) is 47.0 Å². The average molecular weight is 1050 g/mol. The average Bonchev–Trinajstić information content (AvgIpc) is 4.09. The molecule has 73 heavy (non-hydrogen) atoms. The highest BCUT2D eigenvalue weighted by Gasteiger charge is 2.62. The smallest absolute Gasteiger partial charge is 0.363 e. The number of β-lactam (4-membered cyclic amide) rings is 2. The van der Waals surface area contributed by atoms with Gasteiger partial charge in [-0.1, -0.05) is 13.8 Å². The lowest BCUT2D eigenvalue weighted by Crippen LogP contribution is -2.63. The Morgan fingerprint density at radius 2 is 1.14 bits per heavy atom. The number of piperidine rings is 2. The number of benzene rings is 1. The van der Waals surface area contributed by atoms with Gasteiger partial charge in [-0.3, -0.25) is 30.5 Å². The molecule has 400 valence electrons. The normalized spacial score (nSPS) is 29.6. The molecule has 2 amide bonds. The zero-order chi connectivity index (χ0) is 52.7. The summed E-state index contributed by atoms with van der Waals surface area (Å²) in [5, 5.41) is 56.7. The lowest BCUT2D eigenvalue weighted by atomic mass is 9.79. The fourth-order valence-electron chi connectivity index (χ4n) is 12.2. The molecule has 8 aliphatic heterocycles. The Balaban J connectivity index is 0.000000223. The number of carbonyl (C=O) groups is 5. The van der Waals surface area contributed by atoms with Crippen molar-refractivity contribution in [3.63, 3.8) is 0 Å². The molecule has 0 bridgehead atoms.